The van der Waals surface area contributed by atoms with Crippen LogP contribution in [0.25, 0.3) is 0 Å². The molecule has 0 aromatic carbocycles. The molecule has 23 heavy (non-hydrogen) atoms. The van der Waals surface area contributed by atoms with Crippen LogP contribution in [0.1, 0.15) is 55.4 Å². The lowest BCUT2D eigenvalue weighted by Gasteiger charge is -2.46. The first-order chi connectivity index (χ1) is 11.1. The van der Waals surface area contributed by atoms with Crippen molar-refractivity contribution >= 4 is 18.1 Å². The van der Waals surface area contributed by atoms with Crippen molar-refractivity contribution in [2.75, 3.05) is 18.0 Å². The molecule has 1 saturated carbocycles. The zero-order chi connectivity index (χ0) is 16.3. The van der Waals surface area contributed by atoms with Gasteiger partial charge in [0.15, 0.2) is 6.29 Å². The molecule has 2 fully saturated rings. The number of aliphatic carboxylic acids is 1. The Balaban J connectivity index is 1.54. The van der Waals surface area contributed by atoms with Crippen LogP contribution in [0.3, 0.4) is 0 Å². The first-order valence-corrected chi connectivity index (χ1v) is 8.34. The van der Waals surface area contributed by atoms with E-state index in [9.17, 15) is 9.59 Å². The Morgan fingerprint density at radius 2 is 1.91 bits per heavy atom. The summed E-state index contributed by atoms with van der Waals surface area (Å²) in [6, 6.07) is 0. The lowest BCUT2D eigenvalue weighted by molar-refractivity contribution is -0.138. The molecule has 2 heterocycles. The first kappa shape index (κ1) is 15.9. The summed E-state index contributed by atoms with van der Waals surface area (Å²) in [6.45, 7) is 1.91. The van der Waals surface area contributed by atoms with E-state index < -0.39 is 5.97 Å². The number of nitrogens with zero attached hydrogens (tertiary/aromatic N) is 3. The number of carboxylic acids is 1. The van der Waals surface area contributed by atoms with Crippen LogP contribution in [-0.2, 0) is 4.79 Å². The van der Waals surface area contributed by atoms with Gasteiger partial charge in [-0.05, 0) is 49.9 Å². The van der Waals surface area contributed by atoms with E-state index in [0.29, 0.717) is 29.7 Å². The number of anilines is 1. The van der Waals surface area contributed by atoms with Gasteiger partial charge in [-0.3, -0.25) is 9.59 Å². The molecule has 0 unspecified atom stereocenters. The SMILES string of the molecule is O=Cc1cnc(N2CCC3(CCC(CC(=O)O)CC3)CC2)cn1. The average Bonchev–Trinajstić information content (AvgIpc) is 2.58. The number of hydrogen-bond acceptors (Lipinski definition) is 5. The molecule has 0 atom stereocenters. The maximum absolute atomic E-state index is 10.8. The van der Waals surface area contributed by atoms with E-state index in [1.54, 1.807) is 6.20 Å². The number of carbonyl (C=O) groups is 2. The summed E-state index contributed by atoms with van der Waals surface area (Å²) in [5, 5.41) is 8.92. The molecule has 0 radical (unpaired) electrons. The summed E-state index contributed by atoms with van der Waals surface area (Å²) in [5.74, 6) is 0.529. The molecule has 0 bridgehead atoms. The molecule has 2 aliphatic rings. The summed E-state index contributed by atoms with van der Waals surface area (Å²) in [7, 11) is 0. The zero-order valence-corrected chi connectivity index (χ0v) is 13.3. The van der Waals surface area contributed by atoms with Gasteiger partial charge in [0.2, 0.25) is 0 Å². The van der Waals surface area contributed by atoms with E-state index >= 15 is 0 Å². The van der Waals surface area contributed by atoms with E-state index in [1.165, 1.54) is 6.20 Å². The van der Waals surface area contributed by atoms with Gasteiger partial charge in [-0.2, -0.15) is 0 Å². The van der Waals surface area contributed by atoms with Crippen molar-refractivity contribution in [3.8, 4) is 0 Å². The van der Waals surface area contributed by atoms with Gasteiger partial charge in [-0.25, -0.2) is 9.97 Å². The highest BCUT2D eigenvalue weighted by Gasteiger charge is 2.38. The van der Waals surface area contributed by atoms with Crippen LogP contribution in [0.2, 0.25) is 0 Å². The van der Waals surface area contributed by atoms with Crippen LogP contribution in [0.5, 0.6) is 0 Å². The second-order valence-corrected chi connectivity index (χ2v) is 6.95. The number of aldehydes is 1. The Morgan fingerprint density at radius 1 is 1.22 bits per heavy atom. The molecule has 6 heteroatoms. The van der Waals surface area contributed by atoms with Gasteiger partial charge in [-0.1, -0.05) is 0 Å². The van der Waals surface area contributed by atoms with E-state index in [1.807, 2.05) is 0 Å². The molecule has 1 aromatic rings. The zero-order valence-electron chi connectivity index (χ0n) is 13.3. The van der Waals surface area contributed by atoms with E-state index in [2.05, 4.69) is 14.9 Å². The van der Waals surface area contributed by atoms with Crippen LogP contribution in [-0.4, -0.2) is 40.4 Å². The Bertz CT molecular complexity index is 555. The molecule has 1 aliphatic carbocycles. The third-order valence-corrected chi connectivity index (χ3v) is 5.56. The van der Waals surface area contributed by atoms with Crippen molar-refractivity contribution in [2.24, 2.45) is 11.3 Å². The number of piperidine rings is 1. The molecule has 0 amide bonds. The third kappa shape index (κ3) is 3.68. The minimum Gasteiger partial charge on any atom is -0.481 e. The second kappa shape index (κ2) is 6.64. The number of rotatable bonds is 4. The largest absolute Gasteiger partial charge is 0.481 e. The maximum atomic E-state index is 10.8. The highest BCUT2D eigenvalue weighted by molar-refractivity contribution is 5.71. The summed E-state index contributed by atoms with van der Waals surface area (Å²) in [5.41, 5.74) is 0.751. The molecule has 124 valence electrons. The Hall–Kier alpha value is -1.98. The number of aromatic nitrogens is 2. The monoisotopic (exact) mass is 317 g/mol. The van der Waals surface area contributed by atoms with Gasteiger partial charge in [0.05, 0.1) is 12.4 Å². The molecule has 1 N–H and O–H groups in total. The predicted octanol–water partition coefficient (Wildman–Crippen LogP) is 2.54. The van der Waals surface area contributed by atoms with Crippen molar-refractivity contribution in [3.63, 3.8) is 0 Å². The molecular weight excluding hydrogens is 294 g/mol. The molecule has 1 spiro atoms. The Morgan fingerprint density at radius 3 is 2.43 bits per heavy atom. The number of hydrogen-bond donors (Lipinski definition) is 1. The van der Waals surface area contributed by atoms with Crippen LogP contribution in [0.15, 0.2) is 12.4 Å². The summed E-state index contributed by atoms with van der Waals surface area (Å²) in [4.78, 5) is 32.1. The summed E-state index contributed by atoms with van der Waals surface area (Å²) >= 11 is 0. The quantitative estimate of drug-likeness (QED) is 0.859. The van der Waals surface area contributed by atoms with Crippen molar-refractivity contribution in [1.82, 2.24) is 9.97 Å². The molecular formula is C17H23N3O3. The summed E-state index contributed by atoms with van der Waals surface area (Å²) in [6.07, 6.45) is 10.9. The normalized spacial score (nSPS) is 21.3. The second-order valence-electron chi connectivity index (χ2n) is 6.95. The lowest BCUT2D eigenvalue weighted by atomic mass is 9.65. The number of carboxylic acid groups (broad SMARTS) is 1. The van der Waals surface area contributed by atoms with Crippen molar-refractivity contribution in [1.29, 1.82) is 0 Å². The standard InChI is InChI=1S/C17H23N3O3/c21-12-14-10-19-15(11-18-14)20-7-5-17(6-8-20)3-1-13(2-4-17)9-16(22)23/h10-13H,1-9H2,(H,22,23). The first-order valence-electron chi connectivity index (χ1n) is 8.34. The fourth-order valence-corrected chi connectivity index (χ4v) is 4.01. The van der Waals surface area contributed by atoms with Crippen LogP contribution < -0.4 is 4.90 Å². The Labute approximate surface area is 135 Å². The Kier molecular flexibility index (Phi) is 4.59. The van der Waals surface area contributed by atoms with Gasteiger partial charge in [-0.15, -0.1) is 0 Å². The van der Waals surface area contributed by atoms with Crippen LogP contribution in [0, 0.1) is 11.3 Å². The van der Waals surface area contributed by atoms with Crippen molar-refractivity contribution in [3.05, 3.63) is 18.1 Å². The smallest absolute Gasteiger partial charge is 0.303 e. The van der Waals surface area contributed by atoms with E-state index in [0.717, 1.165) is 57.4 Å². The highest BCUT2D eigenvalue weighted by Crippen LogP contribution is 2.47. The average molecular weight is 317 g/mol. The maximum Gasteiger partial charge on any atom is 0.303 e. The molecule has 3 rings (SSSR count). The molecule has 1 aromatic heterocycles. The topological polar surface area (TPSA) is 83.4 Å². The minimum absolute atomic E-state index is 0.320. The fourth-order valence-electron chi connectivity index (χ4n) is 4.01. The van der Waals surface area contributed by atoms with Crippen LogP contribution >= 0.6 is 0 Å². The van der Waals surface area contributed by atoms with Gasteiger partial charge < -0.3 is 10.0 Å². The van der Waals surface area contributed by atoms with Gasteiger partial charge >= 0.3 is 5.97 Å². The van der Waals surface area contributed by atoms with Crippen molar-refractivity contribution < 1.29 is 14.7 Å². The summed E-state index contributed by atoms with van der Waals surface area (Å²) < 4.78 is 0. The molecule has 1 aliphatic heterocycles. The predicted molar refractivity (Wildman–Crippen MR) is 85.5 cm³/mol. The van der Waals surface area contributed by atoms with Gasteiger partial charge in [0.1, 0.15) is 11.5 Å². The van der Waals surface area contributed by atoms with Gasteiger partial charge in [0.25, 0.3) is 0 Å². The third-order valence-electron chi connectivity index (χ3n) is 5.56. The fraction of sp³-hybridized carbons (Fsp3) is 0.647. The molecule has 6 nitrogen and oxygen atoms in total. The lowest BCUT2D eigenvalue weighted by Crippen LogP contribution is -2.42. The van der Waals surface area contributed by atoms with Crippen LogP contribution in [0.4, 0.5) is 5.82 Å². The highest BCUT2D eigenvalue weighted by atomic mass is 16.4. The van der Waals surface area contributed by atoms with Gasteiger partial charge in [0, 0.05) is 19.5 Å². The van der Waals surface area contributed by atoms with E-state index in [-0.39, 0.29) is 0 Å². The van der Waals surface area contributed by atoms with E-state index in [4.69, 9.17) is 5.11 Å². The minimum atomic E-state index is -0.668. The number of carbonyl (C=O) groups excluding carboxylic acids is 1. The van der Waals surface area contributed by atoms with Crippen molar-refractivity contribution in [2.45, 2.75) is 44.9 Å². The molecule has 1 saturated heterocycles.